The lowest BCUT2D eigenvalue weighted by Crippen LogP contribution is -2.48. The lowest BCUT2D eigenvalue weighted by Gasteiger charge is -2.39. The summed E-state index contributed by atoms with van der Waals surface area (Å²) in [5.41, 5.74) is 7.09. The van der Waals surface area contributed by atoms with E-state index in [1.54, 1.807) is 4.90 Å². The summed E-state index contributed by atoms with van der Waals surface area (Å²) in [5, 5.41) is 3.86. The zero-order chi connectivity index (χ0) is 10.3. The molecule has 0 saturated carbocycles. The first-order valence-electron chi connectivity index (χ1n) is 4.60. The van der Waals surface area contributed by atoms with Crippen molar-refractivity contribution in [2.75, 3.05) is 6.54 Å². The number of hydrogen-bond acceptors (Lipinski definition) is 3. The second-order valence-electron chi connectivity index (χ2n) is 3.57. The first-order chi connectivity index (χ1) is 6.61. The van der Waals surface area contributed by atoms with Crippen LogP contribution in [0.3, 0.4) is 0 Å². The van der Waals surface area contributed by atoms with E-state index in [2.05, 4.69) is 5.16 Å². The van der Waals surface area contributed by atoms with Gasteiger partial charge in [-0.3, -0.25) is 0 Å². The van der Waals surface area contributed by atoms with E-state index < -0.39 is 0 Å². The fourth-order valence-corrected chi connectivity index (χ4v) is 1.92. The number of nitrogens with zero attached hydrogens (tertiary/aromatic N) is 2. The Labute approximate surface area is 81.8 Å². The van der Waals surface area contributed by atoms with Gasteiger partial charge < -0.3 is 15.2 Å². The highest BCUT2D eigenvalue weighted by Gasteiger charge is 2.35. The van der Waals surface area contributed by atoms with E-state index in [9.17, 15) is 4.79 Å². The molecule has 0 spiro atoms. The van der Waals surface area contributed by atoms with Crippen molar-refractivity contribution in [2.24, 2.45) is 5.73 Å². The van der Waals surface area contributed by atoms with Crippen LogP contribution in [0.25, 0.3) is 0 Å². The Morgan fingerprint density at radius 3 is 2.71 bits per heavy atom. The minimum atomic E-state index is -0.374. The van der Waals surface area contributed by atoms with E-state index in [-0.39, 0.29) is 12.1 Å². The first-order valence-corrected chi connectivity index (χ1v) is 4.60. The molecular formula is C9H13N3O2. The maximum absolute atomic E-state index is 11.0. The molecule has 0 bridgehead atoms. The van der Waals surface area contributed by atoms with Crippen molar-refractivity contribution in [3.05, 3.63) is 17.0 Å². The molecule has 5 heteroatoms. The summed E-state index contributed by atoms with van der Waals surface area (Å²) < 4.78 is 5.05. The molecule has 1 unspecified atom stereocenters. The molecule has 0 aromatic carbocycles. The van der Waals surface area contributed by atoms with Gasteiger partial charge >= 0.3 is 6.03 Å². The Kier molecular flexibility index (Phi) is 1.94. The summed E-state index contributed by atoms with van der Waals surface area (Å²) in [4.78, 5) is 12.6. The van der Waals surface area contributed by atoms with Crippen LogP contribution in [0.5, 0.6) is 0 Å². The van der Waals surface area contributed by atoms with Crippen molar-refractivity contribution >= 4 is 6.03 Å². The summed E-state index contributed by atoms with van der Waals surface area (Å²) >= 11 is 0. The van der Waals surface area contributed by atoms with Crippen LogP contribution in [0.1, 0.15) is 29.5 Å². The number of nitrogens with two attached hydrogens (primary N) is 1. The summed E-state index contributed by atoms with van der Waals surface area (Å²) in [6, 6.07) is -0.306. The van der Waals surface area contributed by atoms with Gasteiger partial charge in [0.25, 0.3) is 0 Å². The Morgan fingerprint density at radius 2 is 2.36 bits per heavy atom. The molecule has 1 saturated heterocycles. The van der Waals surface area contributed by atoms with Crippen molar-refractivity contribution in [2.45, 2.75) is 26.3 Å². The quantitative estimate of drug-likeness (QED) is 0.729. The van der Waals surface area contributed by atoms with Gasteiger partial charge in [0, 0.05) is 12.1 Å². The van der Waals surface area contributed by atoms with Gasteiger partial charge in [0.2, 0.25) is 0 Å². The highest BCUT2D eigenvalue weighted by atomic mass is 16.5. The number of aryl methyl sites for hydroxylation is 2. The maximum atomic E-state index is 11.0. The molecule has 76 valence electrons. The number of carbonyl (C=O) groups is 1. The van der Waals surface area contributed by atoms with E-state index in [4.69, 9.17) is 10.3 Å². The highest BCUT2D eigenvalue weighted by Crippen LogP contribution is 2.36. The Bertz CT molecular complexity index is 353. The molecule has 1 fully saturated rings. The molecule has 1 aliphatic rings. The van der Waals surface area contributed by atoms with Gasteiger partial charge in [0.1, 0.15) is 5.76 Å². The molecule has 2 rings (SSSR count). The van der Waals surface area contributed by atoms with Gasteiger partial charge in [0.05, 0.1) is 11.7 Å². The summed E-state index contributed by atoms with van der Waals surface area (Å²) in [6.07, 6.45) is 0.936. The second-order valence-corrected chi connectivity index (χ2v) is 3.57. The third-order valence-electron chi connectivity index (χ3n) is 2.72. The van der Waals surface area contributed by atoms with Crippen molar-refractivity contribution in [1.29, 1.82) is 0 Å². The summed E-state index contributed by atoms with van der Waals surface area (Å²) in [7, 11) is 0. The molecule has 2 amide bonds. The average molecular weight is 195 g/mol. The lowest BCUT2D eigenvalue weighted by molar-refractivity contribution is 0.121. The molecule has 14 heavy (non-hydrogen) atoms. The maximum Gasteiger partial charge on any atom is 0.315 e. The van der Waals surface area contributed by atoms with Crippen LogP contribution >= 0.6 is 0 Å². The van der Waals surface area contributed by atoms with E-state index in [1.807, 2.05) is 13.8 Å². The number of rotatable bonds is 1. The largest absolute Gasteiger partial charge is 0.361 e. The Balaban J connectivity index is 2.28. The van der Waals surface area contributed by atoms with Crippen LogP contribution in [0, 0.1) is 13.8 Å². The van der Waals surface area contributed by atoms with E-state index in [1.165, 1.54) is 0 Å². The highest BCUT2D eigenvalue weighted by molar-refractivity contribution is 5.73. The lowest BCUT2D eigenvalue weighted by atomic mass is 9.94. The number of hydrogen-bond donors (Lipinski definition) is 1. The van der Waals surface area contributed by atoms with Crippen LogP contribution in [0.4, 0.5) is 4.79 Å². The molecule has 0 radical (unpaired) electrons. The molecule has 1 aliphatic heterocycles. The molecular weight excluding hydrogens is 182 g/mol. The topological polar surface area (TPSA) is 72.4 Å². The Morgan fingerprint density at radius 1 is 1.64 bits per heavy atom. The van der Waals surface area contributed by atoms with Crippen LogP contribution < -0.4 is 5.73 Å². The minimum absolute atomic E-state index is 0.0683. The second kappa shape index (κ2) is 3.01. The van der Waals surface area contributed by atoms with Crippen molar-refractivity contribution in [3.63, 3.8) is 0 Å². The number of carbonyl (C=O) groups excluding carboxylic acids is 1. The number of likely N-dealkylation sites (tertiary alicyclic amines) is 1. The molecule has 0 aliphatic carbocycles. The van der Waals surface area contributed by atoms with Gasteiger partial charge in [-0.2, -0.15) is 0 Å². The van der Waals surface area contributed by atoms with Gasteiger partial charge in [-0.15, -0.1) is 0 Å². The monoisotopic (exact) mass is 195 g/mol. The smallest absolute Gasteiger partial charge is 0.315 e. The van der Waals surface area contributed by atoms with E-state index in [0.29, 0.717) is 0 Å². The third kappa shape index (κ3) is 1.16. The summed E-state index contributed by atoms with van der Waals surface area (Å²) in [6.45, 7) is 4.46. The molecule has 2 N–H and O–H groups in total. The zero-order valence-corrected chi connectivity index (χ0v) is 8.28. The fraction of sp³-hybridized carbons (Fsp3) is 0.556. The average Bonchev–Trinajstić information content (AvgIpc) is 2.33. The number of amides is 2. The number of aromatic nitrogens is 1. The van der Waals surface area contributed by atoms with Gasteiger partial charge in [-0.25, -0.2) is 4.79 Å². The molecule has 2 heterocycles. The number of primary amides is 1. The first kappa shape index (κ1) is 9.05. The third-order valence-corrected chi connectivity index (χ3v) is 2.72. The molecule has 1 atom stereocenters. The minimum Gasteiger partial charge on any atom is -0.361 e. The van der Waals surface area contributed by atoms with Gasteiger partial charge in [-0.05, 0) is 20.3 Å². The van der Waals surface area contributed by atoms with Crippen LogP contribution in [0.2, 0.25) is 0 Å². The standard InChI is InChI=1S/C9H13N3O2/c1-5-8(6(2)14-11-5)7-3-4-12(7)9(10)13/h7H,3-4H2,1-2H3,(H2,10,13). The van der Waals surface area contributed by atoms with Gasteiger partial charge in [0.15, 0.2) is 0 Å². The molecule has 1 aromatic heterocycles. The SMILES string of the molecule is Cc1noc(C)c1C1CCN1C(N)=O. The van der Waals surface area contributed by atoms with Crippen molar-refractivity contribution < 1.29 is 9.32 Å². The van der Waals surface area contributed by atoms with Crippen LogP contribution in [-0.2, 0) is 0 Å². The van der Waals surface area contributed by atoms with Crippen LogP contribution in [-0.4, -0.2) is 22.6 Å². The van der Waals surface area contributed by atoms with E-state index >= 15 is 0 Å². The normalized spacial score (nSPS) is 20.7. The Hall–Kier alpha value is -1.52. The van der Waals surface area contributed by atoms with Crippen molar-refractivity contribution in [1.82, 2.24) is 10.1 Å². The van der Waals surface area contributed by atoms with E-state index in [0.717, 1.165) is 30.0 Å². The predicted octanol–water partition coefficient (Wildman–Crippen LogP) is 1.12. The number of urea groups is 1. The van der Waals surface area contributed by atoms with Crippen LogP contribution in [0.15, 0.2) is 4.52 Å². The fourth-order valence-electron chi connectivity index (χ4n) is 1.92. The van der Waals surface area contributed by atoms with Crippen molar-refractivity contribution in [3.8, 4) is 0 Å². The molecule has 5 nitrogen and oxygen atoms in total. The predicted molar refractivity (Wildman–Crippen MR) is 49.6 cm³/mol. The van der Waals surface area contributed by atoms with Gasteiger partial charge in [-0.1, -0.05) is 5.16 Å². The zero-order valence-electron chi connectivity index (χ0n) is 8.28. The molecule has 1 aromatic rings. The summed E-state index contributed by atoms with van der Waals surface area (Å²) in [5.74, 6) is 0.776.